The van der Waals surface area contributed by atoms with Crippen molar-refractivity contribution < 1.29 is 4.79 Å². The van der Waals surface area contributed by atoms with Crippen LogP contribution < -0.4 is 0 Å². The second-order valence-electron chi connectivity index (χ2n) is 6.12. The average Bonchev–Trinajstić information content (AvgIpc) is 2.62. The first-order valence-electron chi connectivity index (χ1n) is 8.27. The maximum Gasteiger partial charge on any atom is 0.255 e. The number of hydrogen-bond donors (Lipinski definition) is 0. The summed E-state index contributed by atoms with van der Waals surface area (Å²) in [5, 5.41) is 0. The maximum atomic E-state index is 13.2. The molecule has 1 amide bonds. The summed E-state index contributed by atoms with van der Waals surface area (Å²) in [7, 11) is 0. The van der Waals surface area contributed by atoms with Gasteiger partial charge >= 0.3 is 0 Å². The van der Waals surface area contributed by atoms with Crippen molar-refractivity contribution in [2.75, 3.05) is 0 Å². The van der Waals surface area contributed by atoms with Crippen molar-refractivity contribution in [2.24, 2.45) is 0 Å². The number of rotatable bonds is 5. The first-order valence-corrected chi connectivity index (χ1v) is 9.06. The largest absolute Gasteiger partial charge is 0.330 e. The zero-order chi connectivity index (χ0) is 17.6. The van der Waals surface area contributed by atoms with Crippen LogP contribution in [0.3, 0.4) is 0 Å². The predicted molar refractivity (Wildman–Crippen MR) is 105 cm³/mol. The van der Waals surface area contributed by atoms with E-state index in [0.717, 1.165) is 21.2 Å². The van der Waals surface area contributed by atoms with Crippen LogP contribution in [0.15, 0.2) is 83.3 Å². The normalized spacial score (nSPS) is 10.5. The van der Waals surface area contributed by atoms with E-state index >= 15 is 0 Å². The van der Waals surface area contributed by atoms with Gasteiger partial charge in [0.15, 0.2) is 0 Å². The molecule has 0 heterocycles. The summed E-state index contributed by atoms with van der Waals surface area (Å²) in [6.45, 7) is 3.18. The smallest absolute Gasteiger partial charge is 0.255 e. The minimum absolute atomic E-state index is 0.0274. The average molecular weight is 394 g/mol. The van der Waals surface area contributed by atoms with Crippen molar-refractivity contribution in [3.05, 3.63) is 106 Å². The van der Waals surface area contributed by atoms with E-state index in [1.165, 1.54) is 0 Å². The van der Waals surface area contributed by atoms with Gasteiger partial charge in [-0.2, -0.15) is 0 Å². The lowest BCUT2D eigenvalue weighted by atomic mass is 10.1. The van der Waals surface area contributed by atoms with Gasteiger partial charge < -0.3 is 4.90 Å². The van der Waals surface area contributed by atoms with Crippen molar-refractivity contribution >= 4 is 21.8 Å². The van der Waals surface area contributed by atoms with Crippen molar-refractivity contribution in [1.29, 1.82) is 0 Å². The molecule has 0 saturated heterocycles. The summed E-state index contributed by atoms with van der Waals surface area (Å²) < 4.78 is 0.837. The van der Waals surface area contributed by atoms with Gasteiger partial charge in [0.25, 0.3) is 5.91 Å². The van der Waals surface area contributed by atoms with Crippen LogP contribution in [-0.4, -0.2) is 10.8 Å². The van der Waals surface area contributed by atoms with Crippen LogP contribution in [0.1, 0.15) is 27.0 Å². The Balaban J connectivity index is 1.90. The minimum Gasteiger partial charge on any atom is -0.330 e. The molecule has 0 spiro atoms. The summed E-state index contributed by atoms with van der Waals surface area (Å²) in [5.74, 6) is 0.0274. The SMILES string of the molecule is Cc1ccc(C(=O)N(Cc2ccccc2)Cc2ccccc2)c(Br)c1. The number of amides is 1. The number of carbonyl (C=O) groups is 1. The zero-order valence-corrected chi connectivity index (χ0v) is 15.7. The molecule has 0 bridgehead atoms. The van der Waals surface area contributed by atoms with Gasteiger partial charge in [-0.05, 0) is 51.7 Å². The van der Waals surface area contributed by atoms with Crippen molar-refractivity contribution in [3.63, 3.8) is 0 Å². The first-order chi connectivity index (χ1) is 12.1. The van der Waals surface area contributed by atoms with Crippen LogP contribution >= 0.6 is 15.9 Å². The van der Waals surface area contributed by atoms with E-state index in [1.54, 1.807) is 0 Å². The molecule has 0 saturated carbocycles. The molecule has 0 aliphatic heterocycles. The van der Waals surface area contributed by atoms with Crippen LogP contribution in [0.25, 0.3) is 0 Å². The van der Waals surface area contributed by atoms with Gasteiger partial charge in [-0.15, -0.1) is 0 Å². The highest BCUT2D eigenvalue weighted by Gasteiger charge is 2.19. The van der Waals surface area contributed by atoms with E-state index in [-0.39, 0.29) is 5.91 Å². The maximum absolute atomic E-state index is 13.2. The molecule has 0 N–H and O–H groups in total. The fourth-order valence-electron chi connectivity index (χ4n) is 2.77. The molecule has 126 valence electrons. The van der Waals surface area contributed by atoms with Crippen LogP contribution in [-0.2, 0) is 13.1 Å². The third-order valence-electron chi connectivity index (χ3n) is 4.07. The quantitative estimate of drug-likeness (QED) is 0.552. The minimum atomic E-state index is 0.0274. The van der Waals surface area contributed by atoms with Crippen LogP contribution in [0.4, 0.5) is 0 Å². The van der Waals surface area contributed by atoms with Gasteiger partial charge in [-0.25, -0.2) is 0 Å². The Kier molecular flexibility index (Phi) is 5.67. The van der Waals surface area contributed by atoms with E-state index in [4.69, 9.17) is 0 Å². The molecule has 2 nitrogen and oxygen atoms in total. The van der Waals surface area contributed by atoms with Gasteiger partial charge in [0.05, 0.1) is 5.56 Å². The number of halogens is 1. The summed E-state index contributed by atoms with van der Waals surface area (Å²) in [4.78, 5) is 15.1. The molecule has 25 heavy (non-hydrogen) atoms. The summed E-state index contributed by atoms with van der Waals surface area (Å²) >= 11 is 3.54. The van der Waals surface area contributed by atoms with E-state index in [1.807, 2.05) is 66.4 Å². The number of hydrogen-bond acceptors (Lipinski definition) is 1. The Morgan fingerprint density at radius 1 is 0.840 bits per heavy atom. The topological polar surface area (TPSA) is 20.3 Å². The number of nitrogens with zero attached hydrogens (tertiary/aromatic N) is 1. The third-order valence-corrected chi connectivity index (χ3v) is 4.73. The summed E-state index contributed by atoms with van der Waals surface area (Å²) in [5.41, 5.74) is 4.06. The van der Waals surface area contributed by atoms with Crippen molar-refractivity contribution in [3.8, 4) is 0 Å². The van der Waals surface area contributed by atoms with Gasteiger partial charge in [-0.1, -0.05) is 66.7 Å². The van der Waals surface area contributed by atoms with Crippen LogP contribution in [0.5, 0.6) is 0 Å². The highest BCUT2D eigenvalue weighted by Crippen LogP contribution is 2.22. The Hall–Kier alpha value is -2.39. The molecule has 3 heteroatoms. The third kappa shape index (κ3) is 4.58. The molecule has 3 aromatic rings. The van der Waals surface area contributed by atoms with E-state index in [2.05, 4.69) is 40.2 Å². The number of benzene rings is 3. The Morgan fingerprint density at radius 2 is 1.36 bits per heavy atom. The fourth-order valence-corrected chi connectivity index (χ4v) is 3.43. The Bertz CT molecular complexity index is 805. The highest BCUT2D eigenvalue weighted by atomic mass is 79.9. The summed E-state index contributed by atoms with van der Waals surface area (Å²) in [6.07, 6.45) is 0. The molecular weight excluding hydrogens is 374 g/mol. The second kappa shape index (κ2) is 8.13. The molecule has 0 aromatic heterocycles. The van der Waals surface area contributed by atoms with Gasteiger partial charge in [0, 0.05) is 17.6 Å². The molecule has 0 fully saturated rings. The second-order valence-corrected chi connectivity index (χ2v) is 6.97. The fraction of sp³-hybridized carbons (Fsp3) is 0.136. The number of carbonyl (C=O) groups excluding carboxylic acids is 1. The van der Waals surface area contributed by atoms with Gasteiger partial charge in [0.1, 0.15) is 0 Å². The van der Waals surface area contributed by atoms with E-state index < -0.39 is 0 Å². The van der Waals surface area contributed by atoms with E-state index in [0.29, 0.717) is 18.7 Å². The van der Waals surface area contributed by atoms with E-state index in [9.17, 15) is 4.79 Å². The molecule has 0 unspecified atom stereocenters. The first kappa shape index (κ1) is 17.4. The monoisotopic (exact) mass is 393 g/mol. The van der Waals surface area contributed by atoms with Crippen LogP contribution in [0, 0.1) is 6.92 Å². The lowest BCUT2D eigenvalue weighted by molar-refractivity contribution is 0.0729. The molecule has 0 aliphatic carbocycles. The lowest BCUT2D eigenvalue weighted by Crippen LogP contribution is -2.30. The summed E-state index contributed by atoms with van der Waals surface area (Å²) in [6, 6.07) is 26.0. The van der Waals surface area contributed by atoms with Gasteiger partial charge in [-0.3, -0.25) is 4.79 Å². The molecule has 0 atom stereocenters. The number of aryl methyl sites for hydroxylation is 1. The molecule has 3 aromatic carbocycles. The molecular formula is C22H20BrNO. The molecule has 3 rings (SSSR count). The zero-order valence-electron chi connectivity index (χ0n) is 14.2. The Morgan fingerprint density at radius 3 is 1.84 bits per heavy atom. The molecule has 0 radical (unpaired) electrons. The highest BCUT2D eigenvalue weighted by molar-refractivity contribution is 9.10. The predicted octanol–water partition coefficient (Wildman–Crippen LogP) is 5.60. The van der Waals surface area contributed by atoms with Crippen LogP contribution in [0.2, 0.25) is 0 Å². The van der Waals surface area contributed by atoms with Crippen molar-refractivity contribution in [1.82, 2.24) is 4.90 Å². The molecule has 0 aliphatic rings. The van der Waals surface area contributed by atoms with Crippen molar-refractivity contribution in [2.45, 2.75) is 20.0 Å². The standard InChI is InChI=1S/C22H20BrNO/c1-17-12-13-20(21(23)14-17)22(25)24(15-18-8-4-2-5-9-18)16-19-10-6-3-7-11-19/h2-14H,15-16H2,1H3. The van der Waals surface area contributed by atoms with Gasteiger partial charge in [0.2, 0.25) is 0 Å². The lowest BCUT2D eigenvalue weighted by Gasteiger charge is -2.24. The Labute approximate surface area is 157 Å².